The van der Waals surface area contributed by atoms with E-state index < -0.39 is 40.8 Å². The predicted octanol–water partition coefficient (Wildman–Crippen LogP) is 11.8. The Hall–Kier alpha value is -4.59. The number of ether oxygens (including phenoxy) is 1. The first kappa shape index (κ1) is 31.8. The first-order valence-electron chi connectivity index (χ1n) is 14.5. The van der Waals surface area contributed by atoms with Crippen LogP contribution < -0.4 is 4.74 Å². The second-order valence-electron chi connectivity index (χ2n) is 10.8. The molecule has 0 aliphatic carbocycles. The number of hydrogen-bond acceptors (Lipinski definition) is 1. The molecule has 8 heteroatoms. The lowest BCUT2D eigenvalue weighted by Gasteiger charge is -2.19. The zero-order valence-corrected chi connectivity index (χ0v) is 24.3. The molecule has 0 saturated carbocycles. The largest absolute Gasteiger partial charge is 0.429 e. The van der Waals surface area contributed by atoms with Gasteiger partial charge in [0.2, 0.25) is 0 Å². The van der Waals surface area contributed by atoms with Crippen LogP contribution in [0.25, 0.3) is 33.4 Å². The van der Waals surface area contributed by atoms with Crippen molar-refractivity contribution in [3.8, 4) is 39.1 Å². The van der Waals surface area contributed by atoms with E-state index in [2.05, 4.69) is 11.7 Å². The Morgan fingerprint density at radius 2 is 1.04 bits per heavy atom. The van der Waals surface area contributed by atoms with E-state index >= 15 is 8.78 Å². The van der Waals surface area contributed by atoms with Gasteiger partial charge < -0.3 is 4.74 Å². The van der Waals surface area contributed by atoms with Gasteiger partial charge in [0, 0.05) is 11.1 Å². The second kappa shape index (κ2) is 13.2. The van der Waals surface area contributed by atoms with E-state index in [9.17, 15) is 22.0 Å². The maximum Gasteiger partial charge on any atom is 0.426 e. The third-order valence-electron chi connectivity index (χ3n) is 7.57. The van der Waals surface area contributed by atoms with Crippen LogP contribution in [0, 0.1) is 11.6 Å². The van der Waals surface area contributed by atoms with Gasteiger partial charge >= 0.3 is 12.3 Å². The summed E-state index contributed by atoms with van der Waals surface area (Å²) in [5.74, 6) is -1.63. The van der Waals surface area contributed by atoms with E-state index in [-0.39, 0.29) is 11.1 Å². The fraction of sp³-hybridized carbons (Fsp3) is 0.189. The minimum Gasteiger partial charge on any atom is -0.429 e. The molecule has 0 bridgehead atoms. The Morgan fingerprint density at radius 1 is 0.533 bits per heavy atom. The van der Waals surface area contributed by atoms with E-state index in [1.807, 2.05) is 24.3 Å². The summed E-state index contributed by atoms with van der Waals surface area (Å²) in [7, 11) is 0. The Morgan fingerprint density at radius 3 is 1.62 bits per heavy atom. The Kier molecular flexibility index (Phi) is 9.32. The average molecular weight is 623 g/mol. The summed E-state index contributed by atoms with van der Waals surface area (Å²) in [6.45, 7) is 2.16. The minimum absolute atomic E-state index is 0.119. The number of rotatable bonds is 10. The molecule has 0 aliphatic rings. The number of benzene rings is 5. The van der Waals surface area contributed by atoms with Gasteiger partial charge in [0.1, 0.15) is 17.4 Å². The fourth-order valence-electron chi connectivity index (χ4n) is 5.05. The van der Waals surface area contributed by atoms with Gasteiger partial charge in [-0.25, -0.2) is 8.78 Å². The van der Waals surface area contributed by atoms with Crippen molar-refractivity contribution in [3.63, 3.8) is 0 Å². The Bertz CT molecular complexity index is 1740. The molecule has 0 heterocycles. The molecule has 0 amide bonds. The first-order chi connectivity index (χ1) is 21.4. The second-order valence-corrected chi connectivity index (χ2v) is 10.8. The minimum atomic E-state index is -4.61. The van der Waals surface area contributed by atoms with Crippen LogP contribution in [0.4, 0.5) is 30.7 Å². The summed E-state index contributed by atoms with van der Waals surface area (Å²) in [4.78, 5) is 0. The van der Waals surface area contributed by atoms with Crippen LogP contribution >= 0.6 is 0 Å². The molecule has 0 fully saturated rings. The van der Waals surface area contributed by atoms with Crippen LogP contribution in [0.1, 0.15) is 42.9 Å². The van der Waals surface area contributed by atoms with Gasteiger partial charge in [0.25, 0.3) is 0 Å². The lowest BCUT2D eigenvalue weighted by molar-refractivity contribution is -0.185. The quantitative estimate of drug-likeness (QED) is 0.111. The average Bonchev–Trinajstić information content (AvgIpc) is 3.01. The van der Waals surface area contributed by atoms with Crippen molar-refractivity contribution >= 4 is 0 Å². The van der Waals surface area contributed by atoms with Gasteiger partial charge in [0.05, 0.1) is 11.1 Å². The van der Waals surface area contributed by atoms with Gasteiger partial charge in [-0.2, -0.15) is 22.0 Å². The van der Waals surface area contributed by atoms with Crippen LogP contribution in [-0.2, 0) is 18.7 Å². The van der Waals surface area contributed by atoms with Gasteiger partial charge in [-0.15, -0.1) is 0 Å². The molecule has 232 valence electrons. The maximum atomic E-state index is 15.2. The number of halogens is 7. The van der Waals surface area contributed by atoms with Crippen molar-refractivity contribution in [1.29, 1.82) is 0 Å². The molecule has 0 aliphatic heterocycles. The number of hydrogen-bond donors (Lipinski definition) is 0. The normalized spacial score (nSPS) is 11.9. The lowest BCUT2D eigenvalue weighted by atomic mass is 9.96. The highest BCUT2D eigenvalue weighted by molar-refractivity contribution is 5.74. The molecule has 5 rings (SSSR count). The zero-order chi connectivity index (χ0) is 32.2. The molecule has 0 N–H and O–H groups in total. The third-order valence-corrected chi connectivity index (χ3v) is 7.57. The highest BCUT2D eigenvalue weighted by atomic mass is 19.4. The summed E-state index contributed by atoms with van der Waals surface area (Å²) < 4.78 is 103. The van der Waals surface area contributed by atoms with Gasteiger partial charge in [-0.05, 0) is 89.2 Å². The van der Waals surface area contributed by atoms with Crippen LogP contribution in [0.2, 0.25) is 0 Å². The predicted molar refractivity (Wildman–Crippen MR) is 162 cm³/mol. The molecule has 5 aromatic rings. The van der Waals surface area contributed by atoms with Crippen LogP contribution in [0.3, 0.4) is 0 Å². The van der Waals surface area contributed by atoms with Gasteiger partial charge in [-0.3, -0.25) is 0 Å². The van der Waals surface area contributed by atoms with Crippen LogP contribution in [-0.4, -0.2) is 0 Å². The number of aryl methyl sites for hydroxylation is 1. The van der Waals surface area contributed by atoms with Gasteiger partial charge in [-0.1, -0.05) is 80.4 Å². The molecule has 0 saturated heterocycles. The van der Waals surface area contributed by atoms with Crippen LogP contribution in [0.15, 0.2) is 109 Å². The topological polar surface area (TPSA) is 9.23 Å². The molecule has 45 heavy (non-hydrogen) atoms. The summed E-state index contributed by atoms with van der Waals surface area (Å²) in [6, 6.07) is 24.6. The smallest absolute Gasteiger partial charge is 0.426 e. The van der Waals surface area contributed by atoms with Crippen molar-refractivity contribution in [2.75, 3.05) is 0 Å². The zero-order valence-electron chi connectivity index (χ0n) is 24.3. The van der Waals surface area contributed by atoms with Crippen molar-refractivity contribution < 1.29 is 35.5 Å². The molecular formula is C37H29F7O. The molecule has 0 radical (unpaired) electrons. The van der Waals surface area contributed by atoms with E-state index in [1.54, 1.807) is 18.2 Å². The number of unbranched alkanes of at least 4 members (excludes halogenated alkanes) is 2. The van der Waals surface area contributed by atoms with Crippen molar-refractivity contribution in [2.45, 2.75) is 44.9 Å². The standard InChI is InChI=1S/C37H29F7O/c1-2-3-4-5-24-6-8-25(9-7-24)27-12-20-33(34(38)22-27)28-13-21-32(35(39)23-28)26-10-14-30(15-11-26)37(43,44)45-31-18-16-29(17-19-31)36(40,41)42/h6-23H,2-5H2,1H3. The molecule has 0 unspecified atom stereocenters. The van der Waals surface area contributed by atoms with E-state index in [0.717, 1.165) is 49.1 Å². The van der Waals surface area contributed by atoms with E-state index in [4.69, 9.17) is 0 Å². The summed E-state index contributed by atoms with van der Waals surface area (Å²) >= 11 is 0. The molecule has 0 atom stereocenters. The van der Waals surface area contributed by atoms with Crippen molar-refractivity contribution in [2.24, 2.45) is 0 Å². The monoisotopic (exact) mass is 622 g/mol. The maximum absolute atomic E-state index is 15.2. The highest BCUT2D eigenvalue weighted by Gasteiger charge is 2.35. The fourth-order valence-corrected chi connectivity index (χ4v) is 5.05. The highest BCUT2D eigenvalue weighted by Crippen LogP contribution is 2.36. The van der Waals surface area contributed by atoms with Crippen molar-refractivity contribution in [1.82, 2.24) is 0 Å². The molecule has 1 nitrogen and oxygen atoms in total. The molecular weight excluding hydrogens is 593 g/mol. The third kappa shape index (κ3) is 7.56. The molecule has 0 aromatic heterocycles. The van der Waals surface area contributed by atoms with E-state index in [0.29, 0.717) is 28.8 Å². The molecule has 5 aromatic carbocycles. The Labute approximate surface area is 256 Å². The summed E-state index contributed by atoms with van der Waals surface area (Å²) in [5.41, 5.74) is 2.19. The lowest BCUT2D eigenvalue weighted by Crippen LogP contribution is -2.21. The van der Waals surface area contributed by atoms with Gasteiger partial charge in [0.15, 0.2) is 0 Å². The Balaban J connectivity index is 1.29. The van der Waals surface area contributed by atoms with E-state index in [1.165, 1.54) is 42.3 Å². The SMILES string of the molecule is CCCCCc1ccc(-c2ccc(-c3ccc(-c4ccc(C(F)(F)Oc5ccc(C(F)(F)F)cc5)cc4)c(F)c3)c(F)c2)cc1. The summed E-state index contributed by atoms with van der Waals surface area (Å²) in [6.07, 6.45) is -4.02. The van der Waals surface area contributed by atoms with Crippen LogP contribution in [0.5, 0.6) is 5.75 Å². The summed E-state index contributed by atoms with van der Waals surface area (Å²) in [5, 5.41) is 0. The first-order valence-corrected chi connectivity index (χ1v) is 14.5. The number of alkyl halides is 5. The van der Waals surface area contributed by atoms with Crippen molar-refractivity contribution in [3.05, 3.63) is 138 Å². The molecule has 0 spiro atoms.